The lowest BCUT2D eigenvalue weighted by atomic mass is 9.97. The van der Waals surface area contributed by atoms with Crippen LogP contribution in [-0.4, -0.2) is 0 Å². The summed E-state index contributed by atoms with van der Waals surface area (Å²) in [7, 11) is 0. The van der Waals surface area contributed by atoms with E-state index < -0.39 is 0 Å². The van der Waals surface area contributed by atoms with E-state index in [1.54, 1.807) is 0 Å². The maximum Gasteiger partial charge on any atom is -0.00257 e. The van der Waals surface area contributed by atoms with Crippen LogP contribution in [0.4, 0.5) is 0 Å². The predicted octanol–water partition coefficient (Wildman–Crippen LogP) is 7.55. The molecule has 3 rings (SSSR count). The molecule has 0 bridgehead atoms. The van der Waals surface area contributed by atoms with Gasteiger partial charge in [-0.3, -0.25) is 0 Å². The van der Waals surface area contributed by atoms with Gasteiger partial charge >= 0.3 is 0 Å². The average Bonchev–Trinajstić information content (AvgIpc) is 2.73. The molecule has 0 atom stereocenters. The van der Waals surface area contributed by atoms with E-state index in [-0.39, 0.29) is 0 Å². The average molecular weight is 371 g/mol. The van der Waals surface area contributed by atoms with E-state index in [1.165, 1.54) is 71.9 Å². The van der Waals surface area contributed by atoms with Crippen LogP contribution in [-0.2, 0) is 25.7 Å². The van der Waals surface area contributed by atoms with Crippen molar-refractivity contribution >= 4 is 0 Å². The molecule has 0 fully saturated rings. The van der Waals surface area contributed by atoms with E-state index in [0.29, 0.717) is 0 Å². The highest BCUT2D eigenvalue weighted by Crippen LogP contribution is 2.17. The highest BCUT2D eigenvalue weighted by Gasteiger charge is 2.02. The smallest absolute Gasteiger partial charge is 0.00257 e. The first-order valence-electron chi connectivity index (χ1n) is 11.0. The first kappa shape index (κ1) is 20.4. The van der Waals surface area contributed by atoms with E-state index in [0.717, 1.165) is 12.8 Å². The monoisotopic (exact) mass is 370 g/mol. The number of unbranched alkanes of at least 4 members (excludes halogenated alkanes) is 2. The van der Waals surface area contributed by atoms with Crippen molar-refractivity contribution in [1.29, 1.82) is 0 Å². The Balaban J connectivity index is 1.61. The third-order valence-electron chi connectivity index (χ3n) is 5.46. The minimum Gasteiger partial charge on any atom is -0.0654 e. The largest absolute Gasteiger partial charge is 0.0654 e. The molecule has 0 aliphatic carbocycles. The Morgan fingerprint density at radius 2 is 0.857 bits per heavy atom. The van der Waals surface area contributed by atoms with Crippen LogP contribution in [0.3, 0.4) is 0 Å². The van der Waals surface area contributed by atoms with Gasteiger partial charge in [0.05, 0.1) is 0 Å². The second-order valence-electron chi connectivity index (χ2n) is 8.02. The quantitative estimate of drug-likeness (QED) is 0.345. The van der Waals surface area contributed by atoms with Gasteiger partial charge in [-0.2, -0.15) is 0 Å². The van der Waals surface area contributed by atoms with Gasteiger partial charge in [-0.05, 0) is 71.9 Å². The highest BCUT2D eigenvalue weighted by molar-refractivity contribution is 5.34. The molecule has 0 spiro atoms. The predicted molar refractivity (Wildman–Crippen MR) is 122 cm³/mol. The lowest BCUT2D eigenvalue weighted by Gasteiger charge is -2.08. The van der Waals surface area contributed by atoms with Crippen LogP contribution in [0.1, 0.15) is 72.9 Å². The summed E-state index contributed by atoms with van der Waals surface area (Å²) in [6, 6.07) is 27.4. The van der Waals surface area contributed by atoms with E-state index in [9.17, 15) is 0 Å². The van der Waals surface area contributed by atoms with Gasteiger partial charge in [0.2, 0.25) is 0 Å². The summed E-state index contributed by atoms with van der Waals surface area (Å²) in [6.07, 6.45) is 9.50. The fourth-order valence-electron chi connectivity index (χ4n) is 3.80. The van der Waals surface area contributed by atoms with Crippen LogP contribution < -0.4 is 0 Å². The third-order valence-corrected chi connectivity index (χ3v) is 5.46. The molecule has 0 N–H and O–H groups in total. The molecule has 0 aromatic heterocycles. The molecule has 0 amide bonds. The van der Waals surface area contributed by atoms with E-state index in [2.05, 4.69) is 86.6 Å². The third kappa shape index (κ3) is 6.37. The van der Waals surface area contributed by atoms with E-state index >= 15 is 0 Å². The van der Waals surface area contributed by atoms with Gasteiger partial charge in [-0.1, -0.05) is 99.5 Å². The Morgan fingerprint density at radius 1 is 0.464 bits per heavy atom. The summed E-state index contributed by atoms with van der Waals surface area (Å²) in [5, 5.41) is 0. The molecule has 28 heavy (non-hydrogen) atoms. The second kappa shape index (κ2) is 10.9. The normalized spacial score (nSPS) is 10.9. The summed E-state index contributed by atoms with van der Waals surface area (Å²) in [5.74, 6) is 0. The maximum atomic E-state index is 2.38. The number of hydrogen-bond acceptors (Lipinski definition) is 0. The summed E-state index contributed by atoms with van der Waals surface area (Å²) < 4.78 is 0. The fraction of sp³-hybridized carbons (Fsp3) is 0.357. The molecule has 0 aliphatic rings. The van der Waals surface area contributed by atoms with E-state index in [4.69, 9.17) is 0 Å². The van der Waals surface area contributed by atoms with Gasteiger partial charge in [-0.25, -0.2) is 0 Å². The molecule has 146 valence electrons. The van der Waals surface area contributed by atoms with Crippen molar-refractivity contribution in [3.63, 3.8) is 0 Å². The molecule has 0 saturated carbocycles. The van der Waals surface area contributed by atoms with Crippen molar-refractivity contribution < 1.29 is 0 Å². The van der Waals surface area contributed by atoms with E-state index in [1.807, 2.05) is 0 Å². The van der Waals surface area contributed by atoms with Crippen molar-refractivity contribution in [2.24, 2.45) is 0 Å². The van der Waals surface area contributed by atoms with Gasteiger partial charge < -0.3 is 0 Å². The van der Waals surface area contributed by atoms with Crippen LogP contribution in [0, 0.1) is 0 Å². The van der Waals surface area contributed by atoms with Crippen molar-refractivity contribution in [2.75, 3.05) is 0 Å². The lowest BCUT2D eigenvalue weighted by Crippen LogP contribution is -1.94. The van der Waals surface area contributed by atoms with Crippen LogP contribution in [0.5, 0.6) is 0 Å². The molecule has 0 heterocycles. The van der Waals surface area contributed by atoms with Gasteiger partial charge in [0.25, 0.3) is 0 Å². The SMILES string of the molecule is CCCCc1cccc(Cc2ccc(Cc3cccc(CCCC)c3)cc2)c1. The summed E-state index contributed by atoms with van der Waals surface area (Å²) in [6.45, 7) is 4.51. The molecule has 0 unspecified atom stereocenters. The van der Waals surface area contributed by atoms with Crippen molar-refractivity contribution in [2.45, 2.75) is 65.2 Å². The van der Waals surface area contributed by atoms with Gasteiger partial charge in [0.15, 0.2) is 0 Å². The molecular weight excluding hydrogens is 336 g/mol. The van der Waals surface area contributed by atoms with Crippen LogP contribution >= 0.6 is 0 Å². The van der Waals surface area contributed by atoms with Gasteiger partial charge in [0.1, 0.15) is 0 Å². The Labute approximate surface area is 171 Å². The molecular formula is C28H34. The van der Waals surface area contributed by atoms with Crippen LogP contribution in [0.2, 0.25) is 0 Å². The summed E-state index contributed by atoms with van der Waals surface area (Å²) >= 11 is 0. The van der Waals surface area contributed by atoms with Gasteiger partial charge in [-0.15, -0.1) is 0 Å². The molecule has 0 radical (unpaired) electrons. The zero-order valence-corrected chi connectivity index (χ0v) is 17.6. The Morgan fingerprint density at radius 3 is 1.25 bits per heavy atom. The minimum absolute atomic E-state index is 1.02. The first-order chi connectivity index (χ1) is 13.8. The number of hydrogen-bond donors (Lipinski definition) is 0. The number of aryl methyl sites for hydroxylation is 2. The topological polar surface area (TPSA) is 0 Å². The molecule has 3 aromatic carbocycles. The molecule has 0 aliphatic heterocycles. The van der Waals surface area contributed by atoms with Crippen LogP contribution in [0.15, 0.2) is 72.8 Å². The maximum absolute atomic E-state index is 2.38. The minimum atomic E-state index is 1.02. The number of benzene rings is 3. The van der Waals surface area contributed by atoms with Crippen molar-refractivity contribution in [3.8, 4) is 0 Å². The van der Waals surface area contributed by atoms with Gasteiger partial charge in [0, 0.05) is 0 Å². The summed E-state index contributed by atoms with van der Waals surface area (Å²) in [5.41, 5.74) is 8.58. The summed E-state index contributed by atoms with van der Waals surface area (Å²) in [4.78, 5) is 0. The van der Waals surface area contributed by atoms with Crippen molar-refractivity contribution in [1.82, 2.24) is 0 Å². The number of rotatable bonds is 10. The highest BCUT2D eigenvalue weighted by atomic mass is 14.1. The second-order valence-corrected chi connectivity index (χ2v) is 8.02. The molecule has 0 nitrogen and oxygen atoms in total. The van der Waals surface area contributed by atoms with Crippen molar-refractivity contribution in [3.05, 3.63) is 106 Å². The lowest BCUT2D eigenvalue weighted by molar-refractivity contribution is 0.794. The zero-order valence-electron chi connectivity index (χ0n) is 17.6. The fourth-order valence-corrected chi connectivity index (χ4v) is 3.80. The standard InChI is InChI=1S/C28H34/c1-3-5-9-23-11-7-13-27(19-23)21-25-15-17-26(18-16-25)22-28-14-8-12-24(20-28)10-6-4-2/h7-8,11-20H,3-6,9-10,21-22H2,1-2H3. The Kier molecular flexibility index (Phi) is 7.91. The first-order valence-corrected chi connectivity index (χ1v) is 11.0. The zero-order chi connectivity index (χ0) is 19.6. The molecule has 3 aromatic rings. The van der Waals surface area contributed by atoms with Crippen LogP contribution in [0.25, 0.3) is 0 Å². The molecule has 0 saturated heterocycles. The Bertz CT molecular complexity index is 769. The molecule has 0 heteroatoms. The Hall–Kier alpha value is -2.34.